The SMILES string of the molecule is CCOC(=O)c1c(C)[nH]c(C(=O)COC(=O)c2ccc3ccccc3c2)c1C. The van der Waals surface area contributed by atoms with E-state index in [1.807, 2.05) is 30.3 Å². The van der Waals surface area contributed by atoms with Crippen molar-refractivity contribution in [3.05, 3.63) is 70.5 Å². The van der Waals surface area contributed by atoms with Crippen LogP contribution in [-0.2, 0) is 9.47 Å². The molecule has 0 atom stereocenters. The Hall–Kier alpha value is -3.41. The summed E-state index contributed by atoms with van der Waals surface area (Å²) in [6.07, 6.45) is 0. The molecule has 0 spiro atoms. The van der Waals surface area contributed by atoms with E-state index in [0.717, 1.165) is 10.8 Å². The predicted molar refractivity (Wildman–Crippen MR) is 105 cm³/mol. The average Bonchev–Trinajstić information content (AvgIpc) is 2.99. The molecule has 144 valence electrons. The van der Waals surface area contributed by atoms with Gasteiger partial charge in [0.15, 0.2) is 6.61 Å². The molecule has 0 fully saturated rings. The topological polar surface area (TPSA) is 85.5 Å². The first-order valence-electron chi connectivity index (χ1n) is 8.97. The van der Waals surface area contributed by atoms with Gasteiger partial charge in [0.2, 0.25) is 5.78 Å². The summed E-state index contributed by atoms with van der Waals surface area (Å²) in [6, 6.07) is 12.9. The number of ketones is 1. The van der Waals surface area contributed by atoms with E-state index in [-0.39, 0.29) is 12.3 Å². The van der Waals surface area contributed by atoms with Crippen molar-refractivity contribution in [2.24, 2.45) is 0 Å². The lowest BCUT2D eigenvalue weighted by atomic mass is 10.1. The van der Waals surface area contributed by atoms with Gasteiger partial charge in [-0.15, -0.1) is 0 Å². The molecule has 6 nitrogen and oxygen atoms in total. The Morgan fingerprint density at radius 2 is 1.64 bits per heavy atom. The van der Waals surface area contributed by atoms with E-state index in [9.17, 15) is 14.4 Å². The van der Waals surface area contributed by atoms with Crippen LogP contribution in [0.3, 0.4) is 0 Å². The molecule has 0 amide bonds. The van der Waals surface area contributed by atoms with Crippen LogP contribution in [-0.4, -0.2) is 35.9 Å². The summed E-state index contributed by atoms with van der Waals surface area (Å²) in [5.41, 5.74) is 1.99. The second-order valence-electron chi connectivity index (χ2n) is 6.41. The number of carbonyl (C=O) groups is 3. The Labute approximate surface area is 162 Å². The van der Waals surface area contributed by atoms with Crippen molar-refractivity contribution in [3.8, 4) is 0 Å². The summed E-state index contributed by atoms with van der Waals surface area (Å²) in [5, 5.41) is 1.93. The lowest BCUT2D eigenvalue weighted by Crippen LogP contribution is -2.15. The quantitative estimate of drug-likeness (QED) is 0.517. The highest BCUT2D eigenvalue weighted by Crippen LogP contribution is 2.20. The summed E-state index contributed by atoms with van der Waals surface area (Å²) in [4.78, 5) is 39.8. The number of Topliss-reactive ketones (excluding diaryl/α,β-unsaturated/α-hetero) is 1. The minimum atomic E-state index is -0.578. The number of hydrogen-bond donors (Lipinski definition) is 1. The number of ether oxygens (including phenoxy) is 2. The first-order valence-corrected chi connectivity index (χ1v) is 8.97. The van der Waals surface area contributed by atoms with Gasteiger partial charge >= 0.3 is 11.9 Å². The van der Waals surface area contributed by atoms with Crippen LogP contribution in [0.1, 0.15) is 49.4 Å². The average molecular weight is 379 g/mol. The van der Waals surface area contributed by atoms with Crippen LogP contribution >= 0.6 is 0 Å². The highest BCUT2D eigenvalue weighted by molar-refractivity contribution is 6.03. The second-order valence-corrected chi connectivity index (χ2v) is 6.41. The van der Waals surface area contributed by atoms with Crippen molar-refractivity contribution < 1.29 is 23.9 Å². The number of esters is 2. The van der Waals surface area contributed by atoms with Gasteiger partial charge in [0.25, 0.3) is 0 Å². The molecule has 1 N–H and O–H groups in total. The van der Waals surface area contributed by atoms with Gasteiger partial charge in [0.05, 0.1) is 23.4 Å². The third kappa shape index (κ3) is 3.81. The van der Waals surface area contributed by atoms with Crippen LogP contribution < -0.4 is 0 Å². The monoisotopic (exact) mass is 379 g/mol. The number of rotatable bonds is 6. The molecule has 0 radical (unpaired) electrons. The van der Waals surface area contributed by atoms with E-state index in [1.54, 1.807) is 32.9 Å². The molecule has 0 aliphatic rings. The Morgan fingerprint density at radius 1 is 0.929 bits per heavy atom. The van der Waals surface area contributed by atoms with E-state index in [2.05, 4.69) is 4.98 Å². The van der Waals surface area contributed by atoms with Crippen molar-refractivity contribution >= 4 is 28.5 Å². The molecule has 0 bridgehead atoms. The first kappa shape index (κ1) is 19.4. The molecule has 2 aromatic carbocycles. The molecular weight excluding hydrogens is 358 g/mol. The number of fused-ring (bicyclic) bond motifs is 1. The zero-order valence-electron chi connectivity index (χ0n) is 16.0. The van der Waals surface area contributed by atoms with E-state index in [1.165, 1.54) is 0 Å². The summed E-state index contributed by atoms with van der Waals surface area (Å²) >= 11 is 0. The molecule has 3 aromatic rings. The number of nitrogens with one attached hydrogen (secondary N) is 1. The molecule has 3 rings (SSSR count). The van der Waals surface area contributed by atoms with Crippen molar-refractivity contribution in [2.75, 3.05) is 13.2 Å². The van der Waals surface area contributed by atoms with Crippen molar-refractivity contribution in [2.45, 2.75) is 20.8 Å². The van der Waals surface area contributed by atoms with E-state index in [0.29, 0.717) is 22.4 Å². The molecule has 0 aliphatic heterocycles. The van der Waals surface area contributed by atoms with Gasteiger partial charge in [0.1, 0.15) is 0 Å². The maximum absolute atomic E-state index is 12.5. The van der Waals surface area contributed by atoms with E-state index < -0.39 is 24.3 Å². The fraction of sp³-hybridized carbons (Fsp3) is 0.227. The van der Waals surface area contributed by atoms with E-state index in [4.69, 9.17) is 9.47 Å². The Balaban J connectivity index is 1.72. The standard InChI is InChI=1S/C22H21NO5/c1-4-27-22(26)19-13(2)20(23-14(19)3)18(24)12-28-21(25)17-10-9-15-7-5-6-8-16(15)11-17/h5-11,23H,4,12H2,1-3H3. The fourth-order valence-corrected chi connectivity index (χ4v) is 3.14. The molecule has 0 saturated heterocycles. The van der Waals surface area contributed by atoms with Crippen LogP contribution in [0.2, 0.25) is 0 Å². The third-order valence-corrected chi connectivity index (χ3v) is 4.52. The van der Waals surface area contributed by atoms with Gasteiger partial charge in [-0.05, 0) is 49.2 Å². The number of hydrogen-bond acceptors (Lipinski definition) is 5. The fourth-order valence-electron chi connectivity index (χ4n) is 3.14. The first-order chi connectivity index (χ1) is 13.4. The number of H-pyrrole nitrogens is 1. The maximum atomic E-state index is 12.5. The van der Waals surface area contributed by atoms with Crippen LogP contribution in [0.25, 0.3) is 10.8 Å². The minimum Gasteiger partial charge on any atom is -0.462 e. The van der Waals surface area contributed by atoms with Crippen molar-refractivity contribution in [3.63, 3.8) is 0 Å². The van der Waals surface area contributed by atoms with Crippen LogP contribution in [0.5, 0.6) is 0 Å². The summed E-state index contributed by atoms with van der Waals surface area (Å²) in [6.45, 7) is 4.89. The number of carbonyl (C=O) groups excluding carboxylic acids is 3. The smallest absolute Gasteiger partial charge is 0.340 e. The third-order valence-electron chi connectivity index (χ3n) is 4.52. The molecule has 6 heteroatoms. The minimum absolute atomic E-state index is 0.242. The molecule has 1 aromatic heterocycles. The Bertz CT molecular complexity index is 1060. The number of aromatic nitrogens is 1. The van der Waals surface area contributed by atoms with Gasteiger partial charge in [0, 0.05) is 5.69 Å². The molecule has 1 heterocycles. The molecular formula is C22H21NO5. The molecule has 0 aliphatic carbocycles. The van der Waals surface area contributed by atoms with Crippen LogP contribution in [0, 0.1) is 13.8 Å². The number of aryl methyl sites for hydroxylation is 1. The second kappa shape index (κ2) is 8.08. The largest absolute Gasteiger partial charge is 0.462 e. The van der Waals surface area contributed by atoms with Gasteiger partial charge in [-0.25, -0.2) is 9.59 Å². The van der Waals surface area contributed by atoms with Gasteiger partial charge < -0.3 is 14.5 Å². The molecule has 28 heavy (non-hydrogen) atoms. The lowest BCUT2D eigenvalue weighted by molar-refractivity contribution is 0.0472. The van der Waals surface area contributed by atoms with Gasteiger partial charge in [-0.2, -0.15) is 0 Å². The predicted octanol–water partition coefficient (Wildman–Crippen LogP) is 4.00. The summed E-state index contributed by atoms with van der Waals surface area (Å²) < 4.78 is 10.2. The highest BCUT2D eigenvalue weighted by atomic mass is 16.5. The van der Waals surface area contributed by atoms with Crippen molar-refractivity contribution in [1.29, 1.82) is 0 Å². The zero-order valence-corrected chi connectivity index (χ0v) is 16.0. The normalized spacial score (nSPS) is 10.7. The number of aromatic amines is 1. The molecule has 0 saturated carbocycles. The summed E-state index contributed by atoms with van der Waals surface area (Å²) in [5.74, 6) is -1.48. The van der Waals surface area contributed by atoms with E-state index >= 15 is 0 Å². The summed E-state index contributed by atoms with van der Waals surface area (Å²) in [7, 11) is 0. The molecule has 0 unspecified atom stereocenters. The number of benzene rings is 2. The maximum Gasteiger partial charge on any atom is 0.340 e. The van der Waals surface area contributed by atoms with Crippen LogP contribution in [0.4, 0.5) is 0 Å². The zero-order chi connectivity index (χ0) is 20.3. The Morgan fingerprint density at radius 3 is 2.36 bits per heavy atom. The van der Waals surface area contributed by atoms with Gasteiger partial charge in [-0.1, -0.05) is 30.3 Å². The van der Waals surface area contributed by atoms with Crippen molar-refractivity contribution in [1.82, 2.24) is 4.98 Å². The van der Waals surface area contributed by atoms with Crippen LogP contribution in [0.15, 0.2) is 42.5 Å². The van der Waals surface area contributed by atoms with Gasteiger partial charge in [-0.3, -0.25) is 4.79 Å². The lowest BCUT2D eigenvalue weighted by Gasteiger charge is -2.06. The Kier molecular flexibility index (Phi) is 5.59. The highest BCUT2D eigenvalue weighted by Gasteiger charge is 2.23.